The lowest BCUT2D eigenvalue weighted by Gasteiger charge is -2.03. The molecule has 124 valence electrons. The Hall–Kier alpha value is -1.50. The minimum atomic E-state index is 0.0832. The summed E-state index contributed by atoms with van der Waals surface area (Å²) in [7, 11) is 0. The second-order valence-corrected chi connectivity index (χ2v) is 8.75. The molecule has 1 N–H and O–H groups in total. The van der Waals surface area contributed by atoms with E-state index in [0.717, 1.165) is 32.9 Å². The van der Waals surface area contributed by atoms with E-state index in [1.165, 1.54) is 4.88 Å². The van der Waals surface area contributed by atoms with Crippen LogP contribution in [0.25, 0.3) is 10.6 Å². The number of thiazole rings is 1. The predicted molar refractivity (Wildman–Crippen MR) is 104 cm³/mol. The zero-order valence-corrected chi connectivity index (χ0v) is 16.2. The van der Waals surface area contributed by atoms with Crippen molar-refractivity contribution in [3.05, 3.63) is 62.2 Å². The molecular formula is C18H17BrN2OS2. The maximum Gasteiger partial charge on any atom is 0.220 e. The molecule has 3 rings (SSSR count). The molecule has 2 aromatic heterocycles. The third kappa shape index (κ3) is 5.00. The number of carbonyl (C=O) groups excluding carboxylic acids is 1. The van der Waals surface area contributed by atoms with Crippen LogP contribution in [-0.2, 0) is 17.8 Å². The molecule has 0 saturated heterocycles. The van der Waals surface area contributed by atoms with Crippen molar-refractivity contribution < 1.29 is 4.79 Å². The van der Waals surface area contributed by atoms with E-state index in [2.05, 4.69) is 32.3 Å². The van der Waals surface area contributed by atoms with Crippen LogP contribution in [0.1, 0.15) is 23.4 Å². The van der Waals surface area contributed by atoms with Crippen LogP contribution < -0.4 is 5.32 Å². The summed E-state index contributed by atoms with van der Waals surface area (Å²) in [6.07, 6.45) is 2.36. The van der Waals surface area contributed by atoms with Gasteiger partial charge < -0.3 is 5.32 Å². The first kappa shape index (κ1) is 17.3. The highest BCUT2D eigenvalue weighted by molar-refractivity contribution is 9.11. The summed E-state index contributed by atoms with van der Waals surface area (Å²) in [4.78, 5) is 17.8. The van der Waals surface area contributed by atoms with Crippen LogP contribution in [0.2, 0.25) is 0 Å². The van der Waals surface area contributed by atoms with Gasteiger partial charge in [0.25, 0.3) is 0 Å². The monoisotopic (exact) mass is 420 g/mol. The standard InChI is InChI=1S/C18H17BrN2OS2/c19-16-10-9-15(24-16)7-4-8-17(22)20-11-14-12-23-18(21-14)13-5-2-1-3-6-13/h1-3,5-6,9-10,12H,4,7-8,11H2,(H,20,22). The Morgan fingerprint density at radius 2 is 2.00 bits per heavy atom. The van der Waals surface area contributed by atoms with E-state index in [-0.39, 0.29) is 5.91 Å². The number of rotatable bonds is 7. The van der Waals surface area contributed by atoms with E-state index in [0.29, 0.717) is 13.0 Å². The first-order chi connectivity index (χ1) is 11.7. The Morgan fingerprint density at radius 3 is 2.75 bits per heavy atom. The van der Waals surface area contributed by atoms with Gasteiger partial charge in [-0.25, -0.2) is 4.98 Å². The Balaban J connectivity index is 1.42. The molecule has 3 aromatic rings. The van der Waals surface area contributed by atoms with Crippen LogP contribution in [-0.4, -0.2) is 10.9 Å². The van der Waals surface area contributed by atoms with Gasteiger partial charge >= 0.3 is 0 Å². The van der Waals surface area contributed by atoms with Crippen LogP contribution in [0.3, 0.4) is 0 Å². The van der Waals surface area contributed by atoms with Gasteiger partial charge in [-0.1, -0.05) is 30.3 Å². The molecule has 0 unspecified atom stereocenters. The highest BCUT2D eigenvalue weighted by Gasteiger charge is 2.07. The SMILES string of the molecule is O=C(CCCc1ccc(Br)s1)NCc1csc(-c2ccccc2)n1. The largest absolute Gasteiger partial charge is 0.350 e. The fourth-order valence-electron chi connectivity index (χ4n) is 2.29. The Morgan fingerprint density at radius 1 is 1.17 bits per heavy atom. The number of hydrogen-bond donors (Lipinski definition) is 1. The van der Waals surface area contributed by atoms with Gasteiger partial charge in [0.15, 0.2) is 0 Å². The number of aryl methyl sites for hydroxylation is 1. The maximum absolute atomic E-state index is 11.9. The number of aromatic nitrogens is 1. The molecule has 0 atom stereocenters. The van der Waals surface area contributed by atoms with Gasteiger partial charge in [-0.15, -0.1) is 22.7 Å². The smallest absolute Gasteiger partial charge is 0.220 e. The average Bonchev–Trinajstić information content (AvgIpc) is 3.23. The van der Waals surface area contributed by atoms with Crippen molar-refractivity contribution in [1.82, 2.24) is 10.3 Å². The molecule has 1 aromatic carbocycles. The summed E-state index contributed by atoms with van der Waals surface area (Å²) >= 11 is 6.79. The fraction of sp³-hybridized carbons (Fsp3) is 0.222. The first-order valence-corrected chi connectivity index (χ1v) is 10.2. The molecule has 3 nitrogen and oxygen atoms in total. The molecule has 0 radical (unpaired) electrons. The highest BCUT2D eigenvalue weighted by atomic mass is 79.9. The van der Waals surface area contributed by atoms with Gasteiger partial charge in [0.05, 0.1) is 16.0 Å². The Kier molecular flexibility index (Phi) is 6.18. The van der Waals surface area contributed by atoms with Crippen molar-refractivity contribution in [1.29, 1.82) is 0 Å². The molecular weight excluding hydrogens is 404 g/mol. The van der Waals surface area contributed by atoms with Crippen LogP contribution >= 0.6 is 38.6 Å². The van der Waals surface area contributed by atoms with Crippen molar-refractivity contribution in [2.24, 2.45) is 0 Å². The minimum Gasteiger partial charge on any atom is -0.350 e. The van der Waals surface area contributed by atoms with Crippen LogP contribution in [0, 0.1) is 0 Å². The average molecular weight is 421 g/mol. The third-order valence-corrected chi connectivity index (χ3v) is 6.12. The molecule has 0 spiro atoms. The topological polar surface area (TPSA) is 42.0 Å². The molecule has 24 heavy (non-hydrogen) atoms. The molecule has 0 aliphatic rings. The highest BCUT2D eigenvalue weighted by Crippen LogP contribution is 2.24. The number of amides is 1. The van der Waals surface area contributed by atoms with Gasteiger partial charge in [-0.3, -0.25) is 4.79 Å². The molecule has 6 heteroatoms. The summed E-state index contributed by atoms with van der Waals surface area (Å²) in [5, 5.41) is 5.95. The van der Waals surface area contributed by atoms with Crippen LogP contribution in [0.15, 0.2) is 51.6 Å². The summed E-state index contributed by atoms with van der Waals surface area (Å²) in [5.41, 5.74) is 2.02. The van der Waals surface area contributed by atoms with Gasteiger partial charge in [0.2, 0.25) is 5.91 Å². The molecule has 1 amide bonds. The lowest BCUT2D eigenvalue weighted by molar-refractivity contribution is -0.121. The lowest BCUT2D eigenvalue weighted by atomic mass is 10.2. The number of nitrogens with one attached hydrogen (secondary N) is 1. The van der Waals surface area contributed by atoms with E-state index in [1.807, 2.05) is 41.8 Å². The summed E-state index contributed by atoms with van der Waals surface area (Å²) in [5.74, 6) is 0.0832. The van der Waals surface area contributed by atoms with E-state index in [1.54, 1.807) is 22.7 Å². The first-order valence-electron chi connectivity index (χ1n) is 7.71. The van der Waals surface area contributed by atoms with E-state index in [9.17, 15) is 4.79 Å². The summed E-state index contributed by atoms with van der Waals surface area (Å²) < 4.78 is 1.14. The van der Waals surface area contributed by atoms with Gasteiger partial charge in [-0.05, 0) is 40.9 Å². The number of hydrogen-bond acceptors (Lipinski definition) is 4. The number of carbonyl (C=O) groups is 1. The predicted octanol–water partition coefficient (Wildman–Crippen LogP) is 5.27. The fourth-order valence-corrected chi connectivity index (χ4v) is 4.64. The quantitative estimate of drug-likeness (QED) is 0.565. The van der Waals surface area contributed by atoms with E-state index >= 15 is 0 Å². The Bertz CT molecular complexity index is 798. The minimum absolute atomic E-state index is 0.0832. The Labute approximate surface area is 157 Å². The molecule has 2 heterocycles. The van der Waals surface area contributed by atoms with Crippen molar-refractivity contribution in [2.75, 3.05) is 0 Å². The van der Waals surface area contributed by atoms with Crippen molar-refractivity contribution >= 4 is 44.5 Å². The molecule has 0 fully saturated rings. The summed E-state index contributed by atoms with van der Waals surface area (Å²) in [6.45, 7) is 0.493. The third-order valence-electron chi connectivity index (χ3n) is 3.50. The van der Waals surface area contributed by atoms with Crippen molar-refractivity contribution in [3.63, 3.8) is 0 Å². The normalized spacial score (nSPS) is 10.7. The van der Waals surface area contributed by atoms with Gasteiger partial charge in [-0.2, -0.15) is 0 Å². The second kappa shape index (κ2) is 8.55. The molecule has 0 saturated carbocycles. The van der Waals surface area contributed by atoms with Crippen molar-refractivity contribution in [3.8, 4) is 10.6 Å². The molecule has 0 aliphatic heterocycles. The number of nitrogens with zero attached hydrogens (tertiary/aromatic N) is 1. The second-order valence-electron chi connectivity index (χ2n) is 5.35. The number of halogens is 1. The van der Waals surface area contributed by atoms with Crippen LogP contribution in [0.5, 0.6) is 0 Å². The lowest BCUT2D eigenvalue weighted by Crippen LogP contribution is -2.22. The maximum atomic E-state index is 11.9. The van der Waals surface area contributed by atoms with Crippen molar-refractivity contribution in [2.45, 2.75) is 25.8 Å². The van der Waals surface area contributed by atoms with E-state index in [4.69, 9.17) is 0 Å². The number of thiophene rings is 1. The zero-order valence-electron chi connectivity index (χ0n) is 13.0. The molecule has 0 aliphatic carbocycles. The van der Waals surface area contributed by atoms with E-state index < -0.39 is 0 Å². The van der Waals surface area contributed by atoms with Gasteiger partial charge in [0.1, 0.15) is 5.01 Å². The zero-order chi connectivity index (χ0) is 16.8. The number of benzene rings is 1. The molecule has 0 bridgehead atoms. The summed E-state index contributed by atoms with van der Waals surface area (Å²) in [6, 6.07) is 14.2. The van der Waals surface area contributed by atoms with Crippen LogP contribution in [0.4, 0.5) is 0 Å². The van der Waals surface area contributed by atoms with Gasteiger partial charge in [0, 0.05) is 22.2 Å².